The molecule has 0 heterocycles. The van der Waals surface area contributed by atoms with E-state index in [4.69, 9.17) is 25.8 Å². The first-order valence-electron chi connectivity index (χ1n) is 20.2. The number of likely N-dealkylation sites (N-methyl/N-ethyl adjacent to an activating group) is 1. The molecule has 6 nitrogen and oxygen atoms in total. The Morgan fingerprint density at radius 3 is 1.98 bits per heavy atom. The van der Waals surface area contributed by atoms with Gasteiger partial charge in [0, 0.05) is 28.8 Å². The number of benzene rings is 5. The lowest BCUT2D eigenvalue weighted by atomic mass is 9.70. The van der Waals surface area contributed by atoms with Crippen LogP contribution in [0.15, 0.2) is 114 Å². The monoisotopic (exact) mass is 796 g/mol. The predicted molar refractivity (Wildman–Crippen MR) is 242 cm³/mol. The minimum atomic E-state index is -1.38. The molecule has 5 aromatic carbocycles. The van der Waals surface area contributed by atoms with Crippen molar-refractivity contribution in [3.8, 4) is 40.2 Å². The van der Waals surface area contributed by atoms with E-state index < -0.39 is 7.07 Å². The molecule has 1 unspecified atom stereocenters. The van der Waals surface area contributed by atoms with Crippen molar-refractivity contribution in [1.29, 1.82) is 0 Å². The highest BCUT2D eigenvalue weighted by Crippen LogP contribution is 2.54. The maximum atomic E-state index is 6.12. The third-order valence-corrected chi connectivity index (χ3v) is 12.6. The van der Waals surface area contributed by atoms with E-state index >= 15 is 0 Å². The van der Waals surface area contributed by atoms with Gasteiger partial charge in [-0.3, -0.25) is 4.52 Å². The number of hydrogen-bond donors (Lipinski definition) is 0. The zero-order chi connectivity index (χ0) is 40.2. The summed E-state index contributed by atoms with van der Waals surface area (Å²) in [7, 11) is 2.09. The largest absolute Gasteiger partial charge is 0.540 e. The van der Waals surface area contributed by atoms with Gasteiger partial charge in [-0.05, 0) is 139 Å². The van der Waals surface area contributed by atoms with E-state index in [-0.39, 0.29) is 5.41 Å². The van der Waals surface area contributed by atoms with Crippen LogP contribution in [0.2, 0.25) is 0 Å². The van der Waals surface area contributed by atoms with E-state index in [1.54, 1.807) is 18.1 Å². The lowest BCUT2D eigenvalue weighted by Gasteiger charge is -2.33. The molecule has 57 heavy (non-hydrogen) atoms. The quantitative estimate of drug-likeness (QED) is 0.0381. The van der Waals surface area contributed by atoms with Gasteiger partial charge < -0.3 is 14.4 Å². The van der Waals surface area contributed by atoms with E-state index in [2.05, 4.69) is 110 Å². The second-order valence-corrected chi connectivity index (χ2v) is 16.8. The highest BCUT2D eigenvalue weighted by molar-refractivity contribution is 8.02. The highest BCUT2D eigenvalue weighted by Gasteiger charge is 2.42. The number of methoxy groups -OCH3 is 1. The van der Waals surface area contributed by atoms with Crippen LogP contribution >= 0.6 is 7.07 Å². The predicted octanol–water partition coefficient (Wildman–Crippen LogP) is 12.1. The standard InChI is InChI=1S/C49H55N3O3PS/c1-7-10-30-49(31-11-8-2)47-34-37(4)12-28-45(47)46-29-19-39(35-48(46)49)14-13-38-15-20-41(21-16-38)52(9-3)32-33-54-43-24-26-44(27-25-43)55-56(57)51(5)50-36-40-17-22-42(53-6)23-18-40/h12,15-29,34-36H,7-11,30-33H2,1-6H3/q+1/b50-36-. The number of nitrogens with zero attached hydrogens (tertiary/aromatic N) is 3. The van der Waals surface area contributed by atoms with E-state index in [1.165, 1.54) is 66.3 Å². The second kappa shape index (κ2) is 19.8. The molecule has 0 amide bonds. The maximum Gasteiger partial charge on any atom is 0.540 e. The average molecular weight is 797 g/mol. The minimum Gasteiger partial charge on any atom is -0.497 e. The first-order valence-corrected chi connectivity index (χ1v) is 22.4. The van der Waals surface area contributed by atoms with E-state index in [0.717, 1.165) is 47.0 Å². The Kier molecular flexibility index (Phi) is 14.4. The molecule has 0 saturated carbocycles. The van der Waals surface area contributed by atoms with Crippen LogP contribution in [0, 0.1) is 18.8 Å². The molecule has 6 rings (SSSR count). The van der Waals surface area contributed by atoms with Gasteiger partial charge in [-0.15, -0.1) is 5.10 Å². The van der Waals surface area contributed by atoms with Gasteiger partial charge >= 0.3 is 7.07 Å². The van der Waals surface area contributed by atoms with Crippen molar-refractivity contribution in [2.24, 2.45) is 5.10 Å². The van der Waals surface area contributed by atoms with Crippen molar-refractivity contribution < 1.29 is 14.0 Å². The summed E-state index contributed by atoms with van der Waals surface area (Å²) in [5, 5.41) is 4.45. The van der Waals surface area contributed by atoms with Gasteiger partial charge in [0.2, 0.25) is 11.8 Å². The number of anilines is 1. The van der Waals surface area contributed by atoms with Crippen molar-refractivity contribution in [3.05, 3.63) is 143 Å². The molecule has 0 aliphatic heterocycles. The third kappa shape index (κ3) is 10.2. The van der Waals surface area contributed by atoms with Crippen LogP contribution in [0.25, 0.3) is 11.1 Å². The van der Waals surface area contributed by atoms with Gasteiger partial charge in [-0.2, -0.15) is 0 Å². The highest BCUT2D eigenvalue weighted by atomic mass is 32.4. The smallest absolute Gasteiger partial charge is 0.497 e. The van der Waals surface area contributed by atoms with Crippen molar-refractivity contribution in [2.75, 3.05) is 38.8 Å². The average Bonchev–Trinajstić information content (AvgIpc) is 3.50. The fourth-order valence-corrected chi connectivity index (χ4v) is 8.52. The fraction of sp³-hybridized carbons (Fsp3) is 0.327. The molecule has 294 valence electrons. The van der Waals surface area contributed by atoms with E-state index in [1.807, 2.05) is 55.6 Å². The van der Waals surface area contributed by atoms with E-state index in [9.17, 15) is 0 Å². The maximum absolute atomic E-state index is 6.12. The summed E-state index contributed by atoms with van der Waals surface area (Å²) in [6.45, 7) is 11.2. The molecule has 0 saturated heterocycles. The third-order valence-electron chi connectivity index (χ3n) is 10.8. The molecule has 1 aliphatic rings. The normalized spacial score (nSPS) is 12.6. The van der Waals surface area contributed by atoms with Crippen LogP contribution in [0.5, 0.6) is 17.2 Å². The molecule has 0 fully saturated rings. The summed E-state index contributed by atoms with van der Waals surface area (Å²) in [4.78, 5) is 2.31. The summed E-state index contributed by atoms with van der Waals surface area (Å²) in [5.74, 6) is 9.24. The van der Waals surface area contributed by atoms with Crippen LogP contribution < -0.4 is 18.9 Å². The summed E-state index contributed by atoms with van der Waals surface area (Å²) in [6, 6.07) is 37.8. The Morgan fingerprint density at radius 1 is 0.737 bits per heavy atom. The van der Waals surface area contributed by atoms with Crippen LogP contribution in [-0.2, 0) is 17.2 Å². The summed E-state index contributed by atoms with van der Waals surface area (Å²) >= 11 is 5.58. The lowest BCUT2D eigenvalue weighted by molar-refractivity contribution is 0.324. The molecule has 1 atom stereocenters. The van der Waals surface area contributed by atoms with Gasteiger partial charge in [0.25, 0.3) is 0 Å². The number of hydrogen-bond acceptors (Lipinski definition) is 6. The summed E-state index contributed by atoms with van der Waals surface area (Å²) < 4.78 is 19.0. The topological polar surface area (TPSA) is 46.5 Å². The Labute approximate surface area is 346 Å². The molecular formula is C49H55N3O3PS+. The van der Waals surface area contributed by atoms with Gasteiger partial charge in [-0.1, -0.05) is 86.0 Å². The van der Waals surface area contributed by atoms with Crippen LogP contribution in [0.4, 0.5) is 5.69 Å². The van der Waals surface area contributed by atoms with Crippen molar-refractivity contribution in [2.45, 2.75) is 71.6 Å². The Hall–Kier alpha value is -5.15. The minimum absolute atomic E-state index is 0.0649. The van der Waals surface area contributed by atoms with Gasteiger partial charge in [0.15, 0.2) is 5.75 Å². The van der Waals surface area contributed by atoms with Gasteiger partial charge in [0.05, 0.1) is 26.9 Å². The second-order valence-electron chi connectivity index (χ2n) is 14.6. The van der Waals surface area contributed by atoms with E-state index in [0.29, 0.717) is 12.4 Å². The Bertz CT molecular complexity index is 2200. The number of hydrazone groups is 1. The number of ether oxygens (including phenoxy) is 2. The first-order chi connectivity index (χ1) is 27.8. The zero-order valence-corrected chi connectivity index (χ0v) is 36.0. The van der Waals surface area contributed by atoms with Crippen molar-refractivity contribution in [3.63, 3.8) is 0 Å². The van der Waals surface area contributed by atoms with Crippen molar-refractivity contribution >= 4 is 30.8 Å². The van der Waals surface area contributed by atoms with Gasteiger partial charge in [0.1, 0.15) is 18.1 Å². The van der Waals surface area contributed by atoms with Crippen LogP contribution in [0.3, 0.4) is 0 Å². The molecule has 0 N–H and O–H groups in total. The molecule has 0 radical (unpaired) electrons. The molecule has 1 aliphatic carbocycles. The van der Waals surface area contributed by atoms with Crippen LogP contribution in [-0.4, -0.2) is 44.8 Å². The Morgan fingerprint density at radius 2 is 1.33 bits per heavy atom. The molecule has 0 bridgehead atoms. The summed E-state index contributed by atoms with van der Waals surface area (Å²) in [5.41, 5.74) is 11.4. The van der Waals surface area contributed by atoms with Crippen molar-refractivity contribution in [1.82, 2.24) is 4.78 Å². The van der Waals surface area contributed by atoms with Gasteiger partial charge in [-0.25, -0.2) is 0 Å². The Balaban J connectivity index is 1.04. The molecule has 8 heteroatoms. The fourth-order valence-electron chi connectivity index (χ4n) is 7.58. The zero-order valence-electron chi connectivity index (χ0n) is 34.3. The number of rotatable bonds is 18. The molecule has 0 spiro atoms. The molecule has 5 aromatic rings. The SMILES string of the molecule is CCCCC1(CCCC)c2cc(C)ccc2-c2ccc(C#Cc3ccc(N(CC)CCOc4ccc(O[P+](=S)N(C)/N=C\c5ccc(OC)cc5)cc4)cc3)cc21. The summed E-state index contributed by atoms with van der Waals surface area (Å²) in [6.07, 6.45) is 8.97. The number of unbranched alkanes of at least 4 members (excludes halogenated alkanes) is 2. The molecular weight excluding hydrogens is 742 g/mol. The first kappa shape index (κ1) is 41.5. The lowest BCUT2D eigenvalue weighted by Crippen LogP contribution is -2.28. The number of fused-ring (bicyclic) bond motifs is 3. The number of aryl methyl sites for hydroxylation is 1. The molecule has 0 aromatic heterocycles. The van der Waals surface area contributed by atoms with Crippen LogP contribution in [0.1, 0.15) is 92.7 Å².